The first-order valence-electron chi connectivity index (χ1n) is 11.5. The van der Waals surface area contributed by atoms with Crippen LogP contribution in [0.1, 0.15) is 13.8 Å². The summed E-state index contributed by atoms with van der Waals surface area (Å²) in [7, 11) is 7.76. The first-order valence-corrected chi connectivity index (χ1v) is 12.1. The monoisotopic (exact) mass is 510 g/mol. The summed E-state index contributed by atoms with van der Waals surface area (Å²) in [6.07, 6.45) is 4.54. The molecule has 11 heteroatoms. The molecule has 0 aliphatic carbocycles. The van der Waals surface area contributed by atoms with Crippen molar-refractivity contribution in [2.45, 2.75) is 26.1 Å². The fourth-order valence-electron chi connectivity index (χ4n) is 3.71. The Bertz CT molecular complexity index is 1350. The van der Waals surface area contributed by atoms with E-state index in [9.17, 15) is 5.11 Å². The Labute approximate surface area is 212 Å². The van der Waals surface area contributed by atoms with Gasteiger partial charge >= 0.3 is 0 Å². The van der Waals surface area contributed by atoms with Gasteiger partial charge in [0.2, 0.25) is 0 Å². The van der Waals surface area contributed by atoms with Crippen molar-refractivity contribution in [2.24, 2.45) is 7.05 Å². The van der Waals surface area contributed by atoms with Crippen molar-refractivity contribution >= 4 is 37.2 Å². The van der Waals surface area contributed by atoms with E-state index in [2.05, 4.69) is 19.3 Å². The SMILES string of the molecule is COc1cc(OC)c(P)c(N(CC(O)COC(C)C)c2ccc3ncc(-c4cnn(C)c4)nc3n2)c1. The van der Waals surface area contributed by atoms with Gasteiger partial charge in [0.05, 0.1) is 63.4 Å². The van der Waals surface area contributed by atoms with Crippen molar-refractivity contribution in [2.75, 3.05) is 32.3 Å². The van der Waals surface area contributed by atoms with Gasteiger partial charge in [-0.05, 0) is 26.0 Å². The molecule has 0 amide bonds. The summed E-state index contributed by atoms with van der Waals surface area (Å²) in [5, 5.41) is 15.9. The molecule has 3 heterocycles. The van der Waals surface area contributed by atoms with Gasteiger partial charge in [0, 0.05) is 36.2 Å². The number of benzene rings is 1. The summed E-state index contributed by atoms with van der Waals surface area (Å²) in [4.78, 5) is 16.0. The number of aliphatic hydroxyl groups is 1. The van der Waals surface area contributed by atoms with E-state index in [1.165, 1.54) is 0 Å². The zero-order chi connectivity index (χ0) is 25.8. The highest BCUT2D eigenvalue weighted by Crippen LogP contribution is 2.33. The summed E-state index contributed by atoms with van der Waals surface area (Å²) >= 11 is 0. The fraction of sp³-hybridized carbons (Fsp3) is 0.360. The molecule has 0 fully saturated rings. The number of anilines is 2. The molecule has 0 saturated heterocycles. The largest absolute Gasteiger partial charge is 0.497 e. The van der Waals surface area contributed by atoms with E-state index < -0.39 is 6.10 Å². The number of aliphatic hydroxyl groups excluding tert-OH is 1. The minimum absolute atomic E-state index is 0.00210. The van der Waals surface area contributed by atoms with Crippen LogP contribution in [0, 0.1) is 0 Å². The predicted molar refractivity (Wildman–Crippen MR) is 143 cm³/mol. The third-order valence-corrected chi connectivity index (χ3v) is 6.10. The average molecular weight is 511 g/mol. The smallest absolute Gasteiger partial charge is 0.180 e. The second-order valence-electron chi connectivity index (χ2n) is 8.58. The van der Waals surface area contributed by atoms with E-state index in [-0.39, 0.29) is 19.3 Å². The van der Waals surface area contributed by atoms with E-state index in [0.29, 0.717) is 34.2 Å². The number of aryl methyl sites for hydroxylation is 1. The molecule has 36 heavy (non-hydrogen) atoms. The number of rotatable bonds is 10. The standard InChI is InChI=1S/C25H31N6O4P/c1-15(2)35-14-17(32)13-31(21-8-18(33-4)9-22(34-5)24(21)36)23-7-6-19-25(29-23)28-20(11-26-19)16-10-27-30(3)12-16/h6-12,15,17,32H,13-14,36H2,1-5H3. The molecule has 10 nitrogen and oxygen atoms in total. The Morgan fingerprint density at radius 1 is 1.11 bits per heavy atom. The highest BCUT2D eigenvalue weighted by Gasteiger charge is 2.22. The lowest BCUT2D eigenvalue weighted by Gasteiger charge is -2.29. The second kappa shape index (κ2) is 11.2. The van der Waals surface area contributed by atoms with Crippen LogP contribution < -0.4 is 19.7 Å². The maximum absolute atomic E-state index is 10.8. The van der Waals surface area contributed by atoms with Crippen LogP contribution in [-0.2, 0) is 11.8 Å². The molecule has 1 aromatic carbocycles. The number of nitrogens with zero attached hydrogens (tertiary/aromatic N) is 6. The molecular weight excluding hydrogens is 479 g/mol. The molecule has 2 unspecified atom stereocenters. The van der Waals surface area contributed by atoms with Crippen molar-refractivity contribution in [3.05, 3.63) is 42.9 Å². The highest BCUT2D eigenvalue weighted by molar-refractivity contribution is 7.28. The molecule has 0 saturated carbocycles. The first-order chi connectivity index (χ1) is 17.3. The Morgan fingerprint density at radius 3 is 2.58 bits per heavy atom. The summed E-state index contributed by atoms with van der Waals surface area (Å²) < 4.78 is 18.4. The van der Waals surface area contributed by atoms with Crippen LogP contribution in [0.5, 0.6) is 11.5 Å². The summed E-state index contributed by atoms with van der Waals surface area (Å²) in [5.74, 6) is 1.83. The van der Waals surface area contributed by atoms with E-state index >= 15 is 0 Å². The Kier molecular flexibility index (Phi) is 7.98. The zero-order valence-electron chi connectivity index (χ0n) is 21.0. The van der Waals surface area contributed by atoms with Crippen molar-refractivity contribution in [1.82, 2.24) is 24.7 Å². The van der Waals surface area contributed by atoms with Crippen molar-refractivity contribution in [3.63, 3.8) is 0 Å². The molecule has 190 valence electrons. The van der Waals surface area contributed by atoms with Gasteiger partial charge in [-0.3, -0.25) is 9.67 Å². The van der Waals surface area contributed by atoms with Crippen molar-refractivity contribution < 1.29 is 19.3 Å². The van der Waals surface area contributed by atoms with Gasteiger partial charge in [0.25, 0.3) is 0 Å². The van der Waals surface area contributed by atoms with Crippen LogP contribution in [-0.4, -0.2) is 69.4 Å². The third-order valence-electron chi connectivity index (χ3n) is 5.52. The molecule has 4 rings (SSSR count). The van der Waals surface area contributed by atoms with Gasteiger partial charge in [-0.15, -0.1) is 0 Å². The molecule has 2 atom stereocenters. The number of fused-ring (bicyclic) bond motifs is 1. The highest BCUT2D eigenvalue weighted by atomic mass is 31.0. The lowest BCUT2D eigenvalue weighted by atomic mass is 10.2. The zero-order valence-corrected chi connectivity index (χ0v) is 22.2. The molecule has 0 aliphatic rings. The minimum atomic E-state index is -0.778. The molecule has 1 N–H and O–H groups in total. The number of ether oxygens (including phenoxy) is 3. The lowest BCUT2D eigenvalue weighted by molar-refractivity contribution is 0.00963. The summed E-state index contributed by atoms with van der Waals surface area (Å²) in [5.41, 5.74) is 3.41. The second-order valence-corrected chi connectivity index (χ2v) is 9.16. The summed E-state index contributed by atoms with van der Waals surface area (Å²) in [6.45, 7) is 4.27. The molecule has 4 aromatic rings. The maximum atomic E-state index is 10.8. The average Bonchev–Trinajstić information content (AvgIpc) is 3.32. The number of aromatic nitrogens is 5. The molecule has 0 bridgehead atoms. The van der Waals surface area contributed by atoms with Crippen LogP contribution in [0.25, 0.3) is 22.4 Å². The molecule has 0 spiro atoms. The number of methoxy groups -OCH3 is 2. The van der Waals surface area contributed by atoms with E-state index in [4.69, 9.17) is 24.2 Å². The van der Waals surface area contributed by atoms with Gasteiger partial charge in [0.15, 0.2) is 5.65 Å². The maximum Gasteiger partial charge on any atom is 0.180 e. The molecule has 0 radical (unpaired) electrons. The Balaban J connectivity index is 1.80. The van der Waals surface area contributed by atoms with E-state index in [0.717, 1.165) is 16.6 Å². The summed E-state index contributed by atoms with van der Waals surface area (Å²) in [6, 6.07) is 7.40. The topological polar surface area (TPSA) is 108 Å². The van der Waals surface area contributed by atoms with Crippen LogP contribution in [0.3, 0.4) is 0 Å². The van der Waals surface area contributed by atoms with Gasteiger partial charge in [-0.2, -0.15) is 5.10 Å². The quantitative estimate of drug-likeness (QED) is 0.322. The van der Waals surface area contributed by atoms with Crippen LogP contribution >= 0.6 is 9.24 Å². The predicted octanol–water partition coefficient (Wildman–Crippen LogP) is 2.87. The molecule has 0 aliphatic heterocycles. The van der Waals surface area contributed by atoms with Gasteiger partial charge < -0.3 is 24.2 Å². The fourth-order valence-corrected chi connectivity index (χ4v) is 4.15. The lowest BCUT2D eigenvalue weighted by Crippen LogP contribution is -2.34. The normalized spacial score (nSPS) is 12.2. The van der Waals surface area contributed by atoms with Crippen molar-refractivity contribution in [1.29, 1.82) is 0 Å². The van der Waals surface area contributed by atoms with Gasteiger partial charge in [0.1, 0.15) is 22.8 Å². The Morgan fingerprint density at radius 2 is 1.92 bits per heavy atom. The number of hydrogen-bond acceptors (Lipinski definition) is 9. The number of pyridine rings is 1. The molecular formula is C25H31N6O4P. The van der Waals surface area contributed by atoms with Crippen LogP contribution in [0.4, 0.5) is 11.5 Å². The first kappa shape index (κ1) is 25.8. The third kappa shape index (κ3) is 5.73. The van der Waals surface area contributed by atoms with E-state index in [1.54, 1.807) is 31.3 Å². The number of hydrogen-bond donors (Lipinski definition) is 1. The van der Waals surface area contributed by atoms with Gasteiger partial charge in [-0.1, -0.05) is 9.24 Å². The van der Waals surface area contributed by atoms with Crippen LogP contribution in [0.15, 0.2) is 42.9 Å². The van der Waals surface area contributed by atoms with Gasteiger partial charge in [-0.25, -0.2) is 9.97 Å². The Hall–Kier alpha value is -3.33. The van der Waals surface area contributed by atoms with Crippen molar-refractivity contribution in [3.8, 4) is 22.8 Å². The van der Waals surface area contributed by atoms with E-state index in [1.807, 2.05) is 56.3 Å². The molecule has 3 aromatic heterocycles. The van der Waals surface area contributed by atoms with Crippen LogP contribution in [0.2, 0.25) is 0 Å². The minimum Gasteiger partial charge on any atom is -0.497 e.